The molecule has 1 aliphatic heterocycles. The molecule has 0 saturated carbocycles. The van der Waals surface area contributed by atoms with Gasteiger partial charge in [-0.2, -0.15) is 0 Å². The Morgan fingerprint density at radius 1 is 1.14 bits per heavy atom. The average molecular weight is 393 g/mol. The fourth-order valence-corrected chi connectivity index (χ4v) is 3.56. The predicted molar refractivity (Wildman–Crippen MR) is 109 cm³/mol. The Morgan fingerprint density at radius 2 is 1.93 bits per heavy atom. The summed E-state index contributed by atoms with van der Waals surface area (Å²) in [5.41, 5.74) is 2.75. The Labute approximate surface area is 168 Å². The van der Waals surface area contributed by atoms with E-state index in [1.165, 1.54) is 0 Å². The summed E-state index contributed by atoms with van der Waals surface area (Å²) in [4.78, 5) is 30.4. The second-order valence-corrected chi connectivity index (χ2v) is 6.93. The molecule has 0 atom stereocenters. The number of nitrogens with zero attached hydrogens (tertiary/aromatic N) is 3. The van der Waals surface area contributed by atoms with Gasteiger partial charge in [0.25, 0.3) is 5.91 Å². The van der Waals surface area contributed by atoms with Crippen molar-refractivity contribution in [1.29, 1.82) is 0 Å². The van der Waals surface area contributed by atoms with Crippen molar-refractivity contribution < 1.29 is 19.1 Å². The van der Waals surface area contributed by atoms with Gasteiger partial charge in [0.2, 0.25) is 0 Å². The van der Waals surface area contributed by atoms with Gasteiger partial charge in [0, 0.05) is 13.1 Å². The minimum Gasteiger partial charge on any atom is -0.482 e. The number of hydrogen-bond acceptors (Lipinski definition) is 5. The molecule has 2 aromatic carbocycles. The van der Waals surface area contributed by atoms with Crippen LogP contribution in [-0.4, -0.2) is 41.2 Å². The van der Waals surface area contributed by atoms with E-state index in [4.69, 9.17) is 9.47 Å². The first-order chi connectivity index (χ1) is 14.1. The number of benzene rings is 2. The molecule has 150 valence electrons. The molecule has 0 radical (unpaired) electrons. The van der Waals surface area contributed by atoms with E-state index in [1.54, 1.807) is 4.90 Å². The number of fused-ring (bicyclic) bond motifs is 2. The zero-order chi connectivity index (χ0) is 20.2. The van der Waals surface area contributed by atoms with Crippen LogP contribution in [0.3, 0.4) is 0 Å². The summed E-state index contributed by atoms with van der Waals surface area (Å²) in [6.45, 7) is 3.31. The Balaban J connectivity index is 1.26. The molecular weight excluding hydrogens is 370 g/mol. The fourth-order valence-electron chi connectivity index (χ4n) is 3.56. The molecule has 2 heterocycles. The highest BCUT2D eigenvalue weighted by Gasteiger charge is 2.25. The third kappa shape index (κ3) is 4.08. The normalized spacial score (nSPS) is 13.3. The van der Waals surface area contributed by atoms with Crippen LogP contribution in [0.2, 0.25) is 0 Å². The van der Waals surface area contributed by atoms with Gasteiger partial charge in [-0.15, -0.1) is 0 Å². The van der Waals surface area contributed by atoms with E-state index in [2.05, 4.69) is 9.55 Å². The van der Waals surface area contributed by atoms with Gasteiger partial charge in [-0.3, -0.25) is 9.59 Å². The average Bonchev–Trinajstić information content (AvgIpc) is 3.05. The summed E-state index contributed by atoms with van der Waals surface area (Å²) in [5, 5.41) is 0. The highest BCUT2D eigenvalue weighted by Crippen LogP contribution is 2.31. The lowest BCUT2D eigenvalue weighted by Crippen LogP contribution is -2.40. The third-order valence-electron chi connectivity index (χ3n) is 4.98. The summed E-state index contributed by atoms with van der Waals surface area (Å²) in [5.74, 6) is 1.14. The number of amides is 1. The van der Waals surface area contributed by atoms with Gasteiger partial charge >= 0.3 is 5.97 Å². The smallest absolute Gasteiger partial charge is 0.307 e. The number of aryl methyl sites for hydroxylation is 2. The quantitative estimate of drug-likeness (QED) is 0.456. The number of anilines is 1. The molecular formula is C22H23N3O4. The van der Waals surface area contributed by atoms with Gasteiger partial charge in [-0.25, -0.2) is 4.98 Å². The summed E-state index contributed by atoms with van der Waals surface area (Å²) in [7, 11) is 0. The maximum absolute atomic E-state index is 12.1. The topological polar surface area (TPSA) is 73.7 Å². The molecule has 29 heavy (non-hydrogen) atoms. The zero-order valence-corrected chi connectivity index (χ0v) is 16.3. The van der Waals surface area contributed by atoms with Crippen molar-refractivity contribution in [3.63, 3.8) is 0 Å². The Bertz CT molecular complexity index is 1040. The van der Waals surface area contributed by atoms with Crippen molar-refractivity contribution in [3.8, 4) is 5.75 Å². The number of carbonyl (C=O) groups is 2. The minimum absolute atomic E-state index is 0.00965. The maximum atomic E-state index is 12.1. The highest BCUT2D eigenvalue weighted by atomic mass is 16.5. The van der Waals surface area contributed by atoms with Crippen LogP contribution in [0, 0.1) is 6.92 Å². The monoisotopic (exact) mass is 393 g/mol. The maximum Gasteiger partial charge on any atom is 0.307 e. The second-order valence-electron chi connectivity index (χ2n) is 6.93. The second kappa shape index (κ2) is 8.34. The van der Waals surface area contributed by atoms with Crippen molar-refractivity contribution in [3.05, 3.63) is 54.4 Å². The Hall–Kier alpha value is -3.35. The van der Waals surface area contributed by atoms with E-state index in [9.17, 15) is 9.59 Å². The number of carbonyl (C=O) groups excluding carboxylic acids is 2. The van der Waals surface area contributed by atoms with E-state index in [0.29, 0.717) is 24.5 Å². The molecule has 7 nitrogen and oxygen atoms in total. The number of esters is 1. The van der Waals surface area contributed by atoms with Crippen molar-refractivity contribution in [2.45, 2.75) is 26.3 Å². The lowest BCUT2D eigenvalue weighted by molar-refractivity contribution is -0.143. The van der Waals surface area contributed by atoms with Crippen LogP contribution < -0.4 is 9.64 Å². The van der Waals surface area contributed by atoms with Crippen LogP contribution in [0.15, 0.2) is 48.5 Å². The molecule has 0 fully saturated rings. The van der Waals surface area contributed by atoms with Gasteiger partial charge in [0.15, 0.2) is 6.61 Å². The third-order valence-corrected chi connectivity index (χ3v) is 4.98. The first-order valence-corrected chi connectivity index (χ1v) is 9.73. The first kappa shape index (κ1) is 19.0. The Morgan fingerprint density at radius 3 is 2.83 bits per heavy atom. The number of hydrogen-bond donors (Lipinski definition) is 0. The van der Waals surface area contributed by atoms with E-state index < -0.39 is 0 Å². The SMILES string of the molecule is Cc1nc2ccccc2n1CCCOC(=O)CCN1C(=O)COc2ccccc21. The molecule has 0 unspecified atom stereocenters. The number of para-hydroxylation sites is 4. The number of aromatic nitrogens is 2. The van der Waals surface area contributed by atoms with E-state index in [-0.39, 0.29) is 31.4 Å². The highest BCUT2D eigenvalue weighted by molar-refractivity contribution is 5.98. The molecule has 1 aromatic heterocycles. The molecule has 4 rings (SSSR count). The van der Waals surface area contributed by atoms with Crippen LogP contribution in [0.5, 0.6) is 5.75 Å². The first-order valence-electron chi connectivity index (χ1n) is 9.73. The van der Waals surface area contributed by atoms with Gasteiger partial charge in [-0.1, -0.05) is 24.3 Å². The molecule has 7 heteroatoms. The summed E-state index contributed by atoms with van der Waals surface area (Å²) < 4.78 is 12.9. The molecule has 3 aromatic rings. The van der Waals surface area contributed by atoms with E-state index in [1.807, 2.05) is 55.5 Å². The molecule has 1 amide bonds. The molecule has 0 saturated heterocycles. The predicted octanol–water partition coefficient (Wildman–Crippen LogP) is 3.09. The fraction of sp³-hybridized carbons (Fsp3) is 0.318. The zero-order valence-electron chi connectivity index (χ0n) is 16.3. The van der Waals surface area contributed by atoms with E-state index >= 15 is 0 Å². The van der Waals surface area contributed by atoms with E-state index in [0.717, 1.165) is 23.4 Å². The number of rotatable bonds is 7. The molecule has 0 spiro atoms. The van der Waals surface area contributed by atoms with Crippen molar-refractivity contribution in [2.75, 3.05) is 24.7 Å². The Kier molecular flexibility index (Phi) is 5.46. The molecule has 0 aliphatic carbocycles. The summed E-state index contributed by atoms with van der Waals surface area (Å²) in [6, 6.07) is 15.3. The minimum atomic E-state index is -0.311. The number of imidazole rings is 1. The van der Waals surface area contributed by atoms with Crippen LogP contribution in [0.1, 0.15) is 18.7 Å². The van der Waals surface area contributed by atoms with Crippen molar-refractivity contribution in [1.82, 2.24) is 9.55 Å². The van der Waals surface area contributed by atoms with Crippen LogP contribution >= 0.6 is 0 Å². The summed E-state index contributed by atoms with van der Waals surface area (Å²) in [6.07, 6.45) is 0.847. The summed E-state index contributed by atoms with van der Waals surface area (Å²) >= 11 is 0. The van der Waals surface area contributed by atoms with Crippen molar-refractivity contribution >= 4 is 28.6 Å². The van der Waals surface area contributed by atoms with Crippen LogP contribution in [-0.2, 0) is 20.9 Å². The van der Waals surface area contributed by atoms with Crippen LogP contribution in [0.4, 0.5) is 5.69 Å². The molecule has 0 bridgehead atoms. The van der Waals surface area contributed by atoms with Crippen molar-refractivity contribution in [2.24, 2.45) is 0 Å². The van der Waals surface area contributed by atoms with Gasteiger partial charge in [0.05, 0.1) is 29.7 Å². The molecule has 1 aliphatic rings. The standard InChI is InChI=1S/C22H23N3O4/c1-16-23-17-7-2-3-8-18(17)24(16)12-6-14-28-22(27)11-13-25-19-9-4-5-10-20(19)29-15-21(25)26/h2-5,7-10H,6,11-15H2,1H3. The van der Waals surface area contributed by atoms with Crippen LogP contribution in [0.25, 0.3) is 11.0 Å². The lowest BCUT2D eigenvalue weighted by atomic mass is 10.2. The number of ether oxygens (including phenoxy) is 2. The lowest BCUT2D eigenvalue weighted by Gasteiger charge is -2.28. The van der Waals surface area contributed by atoms with Gasteiger partial charge in [0.1, 0.15) is 11.6 Å². The molecule has 0 N–H and O–H groups in total. The largest absolute Gasteiger partial charge is 0.482 e. The van der Waals surface area contributed by atoms with Gasteiger partial charge < -0.3 is 18.9 Å². The van der Waals surface area contributed by atoms with Gasteiger partial charge in [-0.05, 0) is 37.6 Å².